The van der Waals surface area contributed by atoms with Gasteiger partial charge in [0.2, 0.25) is 0 Å². The van der Waals surface area contributed by atoms with Crippen molar-refractivity contribution in [2.45, 2.75) is 23.7 Å². The van der Waals surface area contributed by atoms with Gasteiger partial charge in [-0.1, -0.05) is 6.07 Å². The van der Waals surface area contributed by atoms with E-state index in [1.165, 1.54) is 17.3 Å². The Morgan fingerprint density at radius 1 is 1.26 bits per heavy atom. The molecule has 96 valence electrons. The maximum atomic E-state index is 5.63. The van der Waals surface area contributed by atoms with Crippen molar-refractivity contribution in [2.75, 3.05) is 0 Å². The average Bonchev–Trinajstić information content (AvgIpc) is 2.80. The summed E-state index contributed by atoms with van der Waals surface area (Å²) >= 11 is 1.52. The van der Waals surface area contributed by atoms with Gasteiger partial charge in [0.15, 0.2) is 5.16 Å². The summed E-state index contributed by atoms with van der Waals surface area (Å²) in [6.45, 7) is 2.59. The van der Waals surface area contributed by atoms with Gasteiger partial charge >= 0.3 is 0 Å². The Bertz CT molecular complexity index is 720. The SMILES string of the molecule is Cc1ccc2nc(Sc3cc(CN)ccn3)[nH]c2c1. The Hall–Kier alpha value is -1.85. The van der Waals surface area contributed by atoms with Crippen molar-refractivity contribution in [3.05, 3.63) is 47.7 Å². The number of nitrogens with one attached hydrogen (secondary N) is 1. The summed E-state index contributed by atoms with van der Waals surface area (Å²) in [4.78, 5) is 12.2. The van der Waals surface area contributed by atoms with Crippen LogP contribution >= 0.6 is 11.8 Å². The second-order valence-corrected chi connectivity index (χ2v) is 5.38. The number of nitrogens with two attached hydrogens (primary N) is 1. The average molecular weight is 270 g/mol. The highest BCUT2D eigenvalue weighted by atomic mass is 32.2. The van der Waals surface area contributed by atoms with Crippen LogP contribution in [0.25, 0.3) is 11.0 Å². The van der Waals surface area contributed by atoms with Crippen LogP contribution in [0.4, 0.5) is 0 Å². The van der Waals surface area contributed by atoms with Gasteiger partial charge in [-0.05, 0) is 54.1 Å². The first-order valence-electron chi connectivity index (χ1n) is 6.04. The molecule has 0 amide bonds. The first kappa shape index (κ1) is 12.2. The Labute approximate surface area is 115 Å². The summed E-state index contributed by atoms with van der Waals surface area (Å²) in [6, 6.07) is 10.1. The summed E-state index contributed by atoms with van der Waals surface area (Å²) in [5.41, 5.74) is 9.95. The molecule has 2 heterocycles. The van der Waals surface area contributed by atoms with Crippen LogP contribution in [0.1, 0.15) is 11.1 Å². The standard InChI is InChI=1S/C14H14N4S/c1-9-2-3-11-12(6-9)18-14(17-11)19-13-7-10(8-15)4-5-16-13/h2-7H,8,15H2,1H3,(H,17,18). The molecule has 3 N–H and O–H groups in total. The highest BCUT2D eigenvalue weighted by Crippen LogP contribution is 2.26. The van der Waals surface area contributed by atoms with Gasteiger partial charge in [-0.3, -0.25) is 0 Å². The number of imidazole rings is 1. The highest BCUT2D eigenvalue weighted by Gasteiger charge is 2.06. The van der Waals surface area contributed by atoms with E-state index in [1.54, 1.807) is 6.20 Å². The van der Waals surface area contributed by atoms with Gasteiger partial charge in [0.1, 0.15) is 5.03 Å². The minimum atomic E-state index is 0.523. The molecule has 3 rings (SSSR count). The molecule has 0 aliphatic rings. The molecule has 0 aliphatic heterocycles. The van der Waals surface area contributed by atoms with Gasteiger partial charge in [-0.2, -0.15) is 0 Å². The summed E-state index contributed by atoms with van der Waals surface area (Å²) in [5.74, 6) is 0. The number of benzene rings is 1. The van der Waals surface area contributed by atoms with Crippen molar-refractivity contribution in [3.8, 4) is 0 Å². The molecule has 3 aromatic rings. The minimum Gasteiger partial charge on any atom is -0.333 e. The second-order valence-electron chi connectivity index (χ2n) is 4.37. The molecule has 0 radical (unpaired) electrons. The van der Waals surface area contributed by atoms with Crippen LogP contribution in [0.3, 0.4) is 0 Å². The maximum Gasteiger partial charge on any atom is 0.172 e. The number of aryl methyl sites for hydroxylation is 1. The molecule has 0 spiro atoms. The molecular weight excluding hydrogens is 256 g/mol. The molecule has 1 aromatic carbocycles. The number of hydrogen-bond acceptors (Lipinski definition) is 4. The van der Waals surface area contributed by atoms with Crippen molar-refractivity contribution in [1.29, 1.82) is 0 Å². The normalized spacial score (nSPS) is 11.1. The van der Waals surface area contributed by atoms with Crippen molar-refractivity contribution in [3.63, 3.8) is 0 Å². The van der Waals surface area contributed by atoms with E-state index in [0.717, 1.165) is 26.8 Å². The zero-order chi connectivity index (χ0) is 13.2. The smallest absolute Gasteiger partial charge is 0.172 e. The number of aromatic amines is 1. The fraction of sp³-hybridized carbons (Fsp3) is 0.143. The molecule has 0 saturated heterocycles. The summed E-state index contributed by atoms with van der Waals surface area (Å²) in [6.07, 6.45) is 1.78. The van der Waals surface area contributed by atoms with Crippen LogP contribution in [0, 0.1) is 6.92 Å². The van der Waals surface area contributed by atoms with E-state index in [2.05, 4.69) is 34.0 Å². The lowest BCUT2D eigenvalue weighted by molar-refractivity contribution is 1.01. The Kier molecular flexibility index (Phi) is 3.23. The predicted octanol–water partition coefficient (Wildman–Crippen LogP) is 2.88. The monoisotopic (exact) mass is 270 g/mol. The lowest BCUT2D eigenvalue weighted by atomic mass is 10.2. The van der Waals surface area contributed by atoms with Crippen LogP contribution in [-0.4, -0.2) is 15.0 Å². The predicted molar refractivity (Wildman–Crippen MR) is 77.1 cm³/mol. The van der Waals surface area contributed by atoms with E-state index in [4.69, 9.17) is 5.73 Å². The van der Waals surface area contributed by atoms with Crippen LogP contribution in [0.15, 0.2) is 46.7 Å². The van der Waals surface area contributed by atoms with Crippen LogP contribution < -0.4 is 5.73 Å². The minimum absolute atomic E-state index is 0.523. The van der Waals surface area contributed by atoms with E-state index in [1.807, 2.05) is 18.2 Å². The Morgan fingerprint density at radius 2 is 2.16 bits per heavy atom. The molecule has 0 fully saturated rings. The fourth-order valence-corrected chi connectivity index (χ4v) is 2.71. The van der Waals surface area contributed by atoms with Gasteiger partial charge in [0, 0.05) is 12.7 Å². The quantitative estimate of drug-likeness (QED) is 0.768. The topological polar surface area (TPSA) is 67.6 Å². The zero-order valence-electron chi connectivity index (χ0n) is 10.6. The number of aromatic nitrogens is 3. The third kappa shape index (κ3) is 2.62. The highest BCUT2D eigenvalue weighted by molar-refractivity contribution is 7.99. The molecule has 4 nitrogen and oxygen atoms in total. The third-order valence-corrected chi connectivity index (χ3v) is 3.67. The van der Waals surface area contributed by atoms with E-state index < -0.39 is 0 Å². The second kappa shape index (κ2) is 5.03. The first-order chi connectivity index (χ1) is 9.24. The first-order valence-corrected chi connectivity index (χ1v) is 6.85. The summed E-state index contributed by atoms with van der Waals surface area (Å²) in [7, 11) is 0. The number of fused-ring (bicyclic) bond motifs is 1. The zero-order valence-corrected chi connectivity index (χ0v) is 11.4. The molecule has 19 heavy (non-hydrogen) atoms. The van der Waals surface area contributed by atoms with Crippen LogP contribution in [0.2, 0.25) is 0 Å². The maximum absolute atomic E-state index is 5.63. The number of nitrogens with zero attached hydrogens (tertiary/aromatic N) is 2. The van der Waals surface area contributed by atoms with E-state index in [0.29, 0.717) is 6.54 Å². The molecule has 0 atom stereocenters. The van der Waals surface area contributed by atoms with Gasteiger partial charge in [0.25, 0.3) is 0 Å². The summed E-state index contributed by atoms with van der Waals surface area (Å²) < 4.78 is 0. The molecule has 0 saturated carbocycles. The van der Waals surface area contributed by atoms with E-state index in [-0.39, 0.29) is 0 Å². The third-order valence-electron chi connectivity index (χ3n) is 2.85. The lowest BCUT2D eigenvalue weighted by Gasteiger charge is -1.99. The van der Waals surface area contributed by atoms with Crippen molar-refractivity contribution < 1.29 is 0 Å². The van der Waals surface area contributed by atoms with Gasteiger partial charge in [-0.25, -0.2) is 9.97 Å². The Morgan fingerprint density at radius 3 is 3.00 bits per heavy atom. The van der Waals surface area contributed by atoms with E-state index in [9.17, 15) is 0 Å². The number of pyridine rings is 1. The van der Waals surface area contributed by atoms with E-state index >= 15 is 0 Å². The van der Waals surface area contributed by atoms with Crippen molar-refractivity contribution >= 4 is 22.8 Å². The molecule has 0 aliphatic carbocycles. The van der Waals surface area contributed by atoms with Crippen LogP contribution in [0.5, 0.6) is 0 Å². The largest absolute Gasteiger partial charge is 0.333 e. The van der Waals surface area contributed by atoms with Crippen molar-refractivity contribution in [1.82, 2.24) is 15.0 Å². The fourth-order valence-electron chi connectivity index (χ4n) is 1.88. The molecular formula is C14H14N4S. The number of rotatable bonds is 3. The van der Waals surface area contributed by atoms with Gasteiger partial charge in [0.05, 0.1) is 11.0 Å². The molecule has 0 bridgehead atoms. The molecule has 5 heteroatoms. The van der Waals surface area contributed by atoms with Gasteiger partial charge < -0.3 is 10.7 Å². The number of hydrogen-bond donors (Lipinski definition) is 2. The lowest BCUT2D eigenvalue weighted by Crippen LogP contribution is -1.96. The summed E-state index contributed by atoms with van der Waals surface area (Å²) in [5, 5.41) is 1.75. The number of H-pyrrole nitrogens is 1. The molecule has 2 aromatic heterocycles. The van der Waals surface area contributed by atoms with Crippen molar-refractivity contribution in [2.24, 2.45) is 5.73 Å². The van der Waals surface area contributed by atoms with Crippen LogP contribution in [-0.2, 0) is 6.54 Å². The molecule has 0 unspecified atom stereocenters. The van der Waals surface area contributed by atoms with Gasteiger partial charge in [-0.15, -0.1) is 0 Å². The Balaban J connectivity index is 1.92.